The Morgan fingerprint density at radius 3 is 2.57 bits per heavy atom. The van der Waals surface area contributed by atoms with Crippen LogP contribution >= 0.6 is 0 Å². The van der Waals surface area contributed by atoms with Crippen LogP contribution in [0.5, 0.6) is 0 Å². The zero-order valence-corrected chi connectivity index (χ0v) is 12.6. The van der Waals surface area contributed by atoms with Crippen molar-refractivity contribution < 1.29 is 23.1 Å². The number of alkyl halides is 3. The smallest absolute Gasteiger partial charge is 0.416 e. The second-order valence-electron chi connectivity index (χ2n) is 4.62. The second kappa shape index (κ2) is 7.49. The van der Waals surface area contributed by atoms with Gasteiger partial charge < -0.3 is 10.0 Å². The Morgan fingerprint density at radius 1 is 1.43 bits per heavy atom. The molecule has 1 N–H and O–H groups in total. The molecule has 0 saturated carbocycles. The highest BCUT2D eigenvalue weighted by molar-refractivity contribution is 5.91. The van der Waals surface area contributed by atoms with Gasteiger partial charge in [0, 0.05) is 12.7 Å². The van der Waals surface area contributed by atoms with Gasteiger partial charge in [0.05, 0.1) is 17.2 Å². The van der Waals surface area contributed by atoms with Gasteiger partial charge in [-0.05, 0) is 30.7 Å². The summed E-state index contributed by atoms with van der Waals surface area (Å²) < 4.78 is 38.8. The molecule has 23 heavy (non-hydrogen) atoms. The van der Waals surface area contributed by atoms with Crippen LogP contribution in [0.3, 0.4) is 0 Å². The van der Waals surface area contributed by atoms with Crippen LogP contribution in [0.1, 0.15) is 18.9 Å². The molecule has 1 aromatic rings. The van der Waals surface area contributed by atoms with Crippen molar-refractivity contribution in [3.8, 4) is 6.07 Å². The average molecular weight is 324 g/mol. The highest BCUT2D eigenvalue weighted by Gasteiger charge is 2.33. The molecule has 1 aromatic carbocycles. The van der Waals surface area contributed by atoms with Gasteiger partial charge in [0.1, 0.15) is 5.70 Å². The second-order valence-corrected chi connectivity index (χ2v) is 4.62. The first-order valence-electron chi connectivity index (χ1n) is 6.67. The fourth-order valence-electron chi connectivity index (χ4n) is 1.85. The fourth-order valence-corrected chi connectivity index (χ4v) is 1.85. The van der Waals surface area contributed by atoms with Crippen LogP contribution in [-0.4, -0.2) is 24.3 Å². The predicted octanol–water partition coefficient (Wildman–Crippen LogP) is 3.86. The Balaban J connectivity index is 3.35. The molecular formula is C16H15F3N2O2. The van der Waals surface area contributed by atoms with E-state index in [9.17, 15) is 23.1 Å². The molecule has 0 saturated heterocycles. The van der Waals surface area contributed by atoms with Crippen LogP contribution in [0, 0.1) is 11.3 Å². The number of hydrogen-bond acceptors (Lipinski definition) is 3. The lowest BCUT2D eigenvalue weighted by molar-refractivity contribution is -0.132. The molecule has 4 nitrogen and oxygen atoms in total. The van der Waals surface area contributed by atoms with Crippen molar-refractivity contribution in [3.63, 3.8) is 0 Å². The zero-order chi connectivity index (χ0) is 17.6. The summed E-state index contributed by atoms with van der Waals surface area (Å²) in [7, 11) is 1.33. The zero-order valence-electron chi connectivity index (χ0n) is 12.6. The Hall–Kier alpha value is -2.75. The number of allylic oxidation sites excluding steroid dienone is 3. The average Bonchev–Trinajstić information content (AvgIpc) is 2.49. The first-order valence-corrected chi connectivity index (χ1v) is 6.67. The van der Waals surface area contributed by atoms with E-state index in [-0.39, 0.29) is 12.0 Å². The normalized spacial score (nSPS) is 12.7. The van der Waals surface area contributed by atoms with Crippen LogP contribution in [0.2, 0.25) is 0 Å². The molecule has 0 bridgehead atoms. The first-order chi connectivity index (χ1) is 10.7. The van der Waals surface area contributed by atoms with E-state index in [1.165, 1.54) is 38.2 Å². The standard InChI is InChI=1S/C16H15F3N2O2/c1-3-5-12(16(17,18)19)9-14(15(22)23)21(2)13-7-4-6-11(8-13)10-20/h4-9H,3H2,1-2H3,(H,22,23)/b12-5-,14-9-. The number of aliphatic carboxylic acids is 1. The number of nitriles is 1. The van der Waals surface area contributed by atoms with Gasteiger partial charge >= 0.3 is 12.1 Å². The minimum absolute atomic E-state index is 0.117. The maximum atomic E-state index is 12.9. The predicted molar refractivity (Wildman–Crippen MR) is 79.7 cm³/mol. The van der Waals surface area contributed by atoms with Crippen LogP contribution in [0.15, 0.2) is 47.7 Å². The quantitative estimate of drug-likeness (QED) is 0.660. The Labute approximate surface area is 131 Å². The van der Waals surface area contributed by atoms with Crippen molar-refractivity contribution in [1.29, 1.82) is 5.26 Å². The van der Waals surface area contributed by atoms with Gasteiger partial charge in [0.25, 0.3) is 0 Å². The van der Waals surface area contributed by atoms with Crippen LogP contribution in [-0.2, 0) is 4.79 Å². The van der Waals surface area contributed by atoms with Crippen molar-refractivity contribution in [3.05, 3.63) is 53.3 Å². The van der Waals surface area contributed by atoms with E-state index in [1.54, 1.807) is 0 Å². The number of nitrogens with zero attached hydrogens (tertiary/aromatic N) is 2. The molecule has 0 aromatic heterocycles. The molecule has 0 aliphatic heterocycles. The highest BCUT2D eigenvalue weighted by Crippen LogP contribution is 2.29. The van der Waals surface area contributed by atoms with Crippen molar-refractivity contribution in [2.24, 2.45) is 0 Å². The van der Waals surface area contributed by atoms with Gasteiger partial charge in [-0.15, -0.1) is 0 Å². The molecule has 0 unspecified atom stereocenters. The molecule has 7 heteroatoms. The van der Waals surface area contributed by atoms with E-state index in [0.29, 0.717) is 11.8 Å². The van der Waals surface area contributed by atoms with Gasteiger partial charge in [-0.25, -0.2) is 4.79 Å². The van der Waals surface area contributed by atoms with Crippen molar-refractivity contribution >= 4 is 11.7 Å². The summed E-state index contributed by atoms with van der Waals surface area (Å²) in [6.45, 7) is 1.53. The number of halogens is 3. The van der Waals surface area contributed by atoms with Crippen molar-refractivity contribution in [2.75, 3.05) is 11.9 Å². The Morgan fingerprint density at radius 2 is 2.09 bits per heavy atom. The molecule has 0 heterocycles. The lowest BCUT2D eigenvalue weighted by Crippen LogP contribution is -2.24. The van der Waals surface area contributed by atoms with Crippen molar-refractivity contribution in [1.82, 2.24) is 0 Å². The molecule has 0 atom stereocenters. The molecule has 0 aliphatic carbocycles. The van der Waals surface area contributed by atoms with Crippen LogP contribution in [0.25, 0.3) is 0 Å². The van der Waals surface area contributed by atoms with Gasteiger partial charge in [0.2, 0.25) is 0 Å². The molecule has 0 amide bonds. The molecule has 0 spiro atoms. The SMILES string of the molecule is CC/C=C(/C=C(/C(=O)O)N(C)c1cccc(C#N)c1)C(F)(F)F. The summed E-state index contributed by atoms with van der Waals surface area (Å²) >= 11 is 0. The third-order valence-corrected chi connectivity index (χ3v) is 2.99. The third kappa shape index (κ3) is 4.88. The largest absolute Gasteiger partial charge is 0.477 e. The summed E-state index contributed by atoms with van der Waals surface area (Å²) in [5, 5.41) is 18.1. The van der Waals surface area contributed by atoms with Gasteiger partial charge in [0.15, 0.2) is 0 Å². The number of rotatable bonds is 5. The monoisotopic (exact) mass is 324 g/mol. The Kier molecular flexibility index (Phi) is 5.96. The minimum Gasteiger partial charge on any atom is -0.477 e. The number of anilines is 1. The van der Waals surface area contributed by atoms with Gasteiger partial charge in [-0.2, -0.15) is 18.4 Å². The lowest BCUT2D eigenvalue weighted by atomic mass is 10.1. The molecule has 122 valence electrons. The number of likely N-dealkylation sites (N-methyl/N-ethyl adjacent to an activating group) is 1. The number of benzene rings is 1. The topological polar surface area (TPSA) is 64.3 Å². The lowest BCUT2D eigenvalue weighted by Gasteiger charge is -2.21. The molecule has 0 radical (unpaired) electrons. The Bertz CT molecular complexity index is 685. The van der Waals surface area contributed by atoms with E-state index in [0.717, 1.165) is 11.0 Å². The van der Waals surface area contributed by atoms with Crippen molar-refractivity contribution in [2.45, 2.75) is 19.5 Å². The summed E-state index contributed by atoms with van der Waals surface area (Å²) in [4.78, 5) is 12.5. The van der Waals surface area contributed by atoms with Crippen LogP contribution in [0.4, 0.5) is 18.9 Å². The van der Waals surface area contributed by atoms with E-state index in [1.807, 2.05) is 6.07 Å². The van der Waals surface area contributed by atoms with E-state index < -0.39 is 23.4 Å². The number of carboxylic acids is 1. The minimum atomic E-state index is -4.65. The third-order valence-electron chi connectivity index (χ3n) is 2.99. The fraction of sp³-hybridized carbons (Fsp3) is 0.250. The number of carboxylic acid groups (broad SMARTS) is 1. The summed E-state index contributed by atoms with van der Waals surface area (Å²) in [6, 6.07) is 7.83. The number of hydrogen-bond donors (Lipinski definition) is 1. The molecule has 0 aliphatic rings. The molecule has 0 fully saturated rings. The first kappa shape index (κ1) is 18.3. The maximum absolute atomic E-state index is 12.9. The van der Waals surface area contributed by atoms with E-state index in [2.05, 4.69) is 0 Å². The van der Waals surface area contributed by atoms with Crippen LogP contribution < -0.4 is 4.90 Å². The molecule has 1 rings (SSSR count). The summed E-state index contributed by atoms with van der Waals surface area (Å²) in [5.41, 5.74) is -0.993. The summed E-state index contributed by atoms with van der Waals surface area (Å²) in [6.07, 6.45) is -3.02. The maximum Gasteiger partial charge on any atom is 0.416 e. The number of carbonyl (C=O) groups is 1. The van der Waals surface area contributed by atoms with Gasteiger partial charge in [-0.1, -0.05) is 19.1 Å². The highest BCUT2D eigenvalue weighted by atomic mass is 19.4. The van der Waals surface area contributed by atoms with E-state index >= 15 is 0 Å². The molecular weight excluding hydrogens is 309 g/mol. The summed E-state index contributed by atoms with van der Waals surface area (Å²) in [5.74, 6) is -1.50. The van der Waals surface area contributed by atoms with Gasteiger partial charge in [-0.3, -0.25) is 0 Å². The van der Waals surface area contributed by atoms with E-state index in [4.69, 9.17) is 5.26 Å².